The van der Waals surface area contributed by atoms with Crippen molar-refractivity contribution in [1.29, 1.82) is 0 Å². The molecule has 2 heteroatoms. The van der Waals surface area contributed by atoms with E-state index in [4.69, 9.17) is 0 Å². The van der Waals surface area contributed by atoms with Crippen LogP contribution in [0.5, 0.6) is 0 Å². The molecule has 1 fully saturated rings. The molecule has 0 amide bonds. The van der Waals surface area contributed by atoms with Crippen molar-refractivity contribution in [2.24, 2.45) is 5.92 Å². The Morgan fingerprint density at radius 2 is 1.88 bits per heavy atom. The van der Waals surface area contributed by atoms with E-state index < -0.39 is 5.60 Å². The van der Waals surface area contributed by atoms with Crippen LogP contribution in [0.3, 0.4) is 0 Å². The molecule has 1 unspecified atom stereocenters. The zero-order valence-corrected chi connectivity index (χ0v) is 11.1. The van der Waals surface area contributed by atoms with Crippen LogP contribution in [0.2, 0.25) is 0 Å². The Morgan fingerprint density at radius 1 is 1.29 bits per heavy atom. The quantitative estimate of drug-likeness (QED) is 0.845. The van der Waals surface area contributed by atoms with Gasteiger partial charge in [-0.05, 0) is 51.7 Å². The Morgan fingerprint density at radius 3 is 2.29 bits per heavy atom. The predicted molar refractivity (Wildman–Crippen MR) is 72.3 cm³/mol. The van der Waals surface area contributed by atoms with Gasteiger partial charge in [0.2, 0.25) is 0 Å². The highest BCUT2D eigenvalue weighted by Gasteiger charge is 2.43. The molecule has 0 spiro atoms. The SMILES string of the molecule is CCN(c1ccccc1)C(C1CC1)C(C)(C)O. The Kier molecular flexibility index (Phi) is 3.43. The summed E-state index contributed by atoms with van der Waals surface area (Å²) in [6.45, 7) is 6.96. The zero-order valence-electron chi connectivity index (χ0n) is 11.1. The third-order valence-corrected chi connectivity index (χ3v) is 3.56. The van der Waals surface area contributed by atoms with Crippen molar-refractivity contribution in [2.45, 2.75) is 45.3 Å². The summed E-state index contributed by atoms with van der Waals surface area (Å²) in [5, 5.41) is 10.4. The van der Waals surface area contributed by atoms with Gasteiger partial charge in [0.05, 0.1) is 11.6 Å². The molecule has 1 aromatic rings. The van der Waals surface area contributed by atoms with Crippen LogP contribution in [0.4, 0.5) is 5.69 Å². The maximum atomic E-state index is 10.4. The van der Waals surface area contributed by atoms with Crippen LogP contribution in [-0.4, -0.2) is 23.3 Å². The normalized spacial score (nSPS) is 17.9. The van der Waals surface area contributed by atoms with E-state index in [-0.39, 0.29) is 6.04 Å². The molecule has 0 aromatic heterocycles. The second-order valence-corrected chi connectivity index (χ2v) is 5.56. The smallest absolute Gasteiger partial charge is 0.0796 e. The Hall–Kier alpha value is -1.02. The highest BCUT2D eigenvalue weighted by Crippen LogP contribution is 2.41. The van der Waals surface area contributed by atoms with Crippen molar-refractivity contribution < 1.29 is 5.11 Å². The number of anilines is 1. The fraction of sp³-hybridized carbons (Fsp3) is 0.600. The Bertz CT molecular complexity index is 351. The van der Waals surface area contributed by atoms with Crippen LogP contribution in [0, 0.1) is 5.92 Å². The predicted octanol–water partition coefficient (Wildman–Crippen LogP) is 3.06. The van der Waals surface area contributed by atoms with Crippen LogP contribution >= 0.6 is 0 Å². The van der Waals surface area contributed by atoms with Crippen LogP contribution in [0.1, 0.15) is 33.6 Å². The average Bonchev–Trinajstić information content (AvgIpc) is 3.09. The summed E-state index contributed by atoms with van der Waals surface area (Å²) in [4.78, 5) is 2.34. The van der Waals surface area contributed by atoms with E-state index in [9.17, 15) is 5.11 Å². The molecule has 0 saturated heterocycles. The largest absolute Gasteiger partial charge is 0.388 e. The number of para-hydroxylation sites is 1. The number of benzene rings is 1. The first-order valence-electron chi connectivity index (χ1n) is 6.58. The summed E-state index contributed by atoms with van der Waals surface area (Å²) in [6, 6.07) is 10.6. The van der Waals surface area contributed by atoms with Gasteiger partial charge in [0.25, 0.3) is 0 Å². The first kappa shape index (κ1) is 12.4. The van der Waals surface area contributed by atoms with E-state index in [2.05, 4.69) is 36.1 Å². The first-order valence-corrected chi connectivity index (χ1v) is 6.58. The molecule has 0 bridgehead atoms. The summed E-state index contributed by atoms with van der Waals surface area (Å²) in [6.07, 6.45) is 2.50. The van der Waals surface area contributed by atoms with E-state index in [1.165, 1.54) is 18.5 Å². The van der Waals surface area contributed by atoms with Crippen LogP contribution < -0.4 is 4.90 Å². The monoisotopic (exact) mass is 233 g/mol. The minimum absolute atomic E-state index is 0.231. The standard InChI is InChI=1S/C15H23NO/c1-4-16(13-8-6-5-7-9-13)14(12-10-11-12)15(2,3)17/h5-9,12,14,17H,4,10-11H2,1-3H3. The molecule has 1 aliphatic rings. The molecule has 2 nitrogen and oxygen atoms in total. The lowest BCUT2D eigenvalue weighted by molar-refractivity contribution is 0.0412. The second kappa shape index (κ2) is 4.69. The van der Waals surface area contributed by atoms with Gasteiger partial charge in [-0.1, -0.05) is 18.2 Å². The van der Waals surface area contributed by atoms with Crippen molar-refractivity contribution in [1.82, 2.24) is 0 Å². The number of hydrogen-bond donors (Lipinski definition) is 1. The third kappa shape index (κ3) is 2.81. The molecule has 2 rings (SSSR count). The van der Waals surface area contributed by atoms with E-state index in [1.807, 2.05) is 19.9 Å². The van der Waals surface area contributed by atoms with Crippen molar-refractivity contribution in [3.05, 3.63) is 30.3 Å². The summed E-state index contributed by atoms with van der Waals surface area (Å²) in [7, 11) is 0. The molecule has 17 heavy (non-hydrogen) atoms. The van der Waals surface area contributed by atoms with E-state index in [0.717, 1.165) is 6.54 Å². The van der Waals surface area contributed by atoms with Gasteiger partial charge in [-0.25, -0.2) is 0 Å². The average molecular weight is 233 g/mol. The fourth-order valence-electron chi connectivity index (χ4n) is 2.78. The van der Waals surface area contributed by atoms with Gasteiger partial charge in [0.15, 0.2) is 0 Å². The Balaban J connectivity index is 2.27. The number of rotatable bonds is 5. The maximum Gasteiger partial charge on any atom is 0.0796 e. The minimum Gasteiger partial charge on any atom is -0.388 e. The lowest BCUT2D eigenvalue weighted by Gasteiger charge is -2.40. The number of nitrogens with zero attached hydrogens (tertiary/aromatic N) is 1. The summed E-state index contributed by atoms with van der Waals surface area (Å²) < 4.78 is 0. The topological polar surface area (TPSA) is 23.5 Å². The molecule has 1 saturated carbocycles. The fourth-order valence-corrected chi connectivity index (χ4v) is 2.78. The van der Waals surface area contributed by atoms with Gasteiger partial charge in [-0.3, -0.25) is 0 Å². The molecule has 0 aliphatic heterocycles. The molecule has 94 valence electrons. The highest BCUT2D eigenvalue weighted by molar-refractivity contribution is 5.48. The summed E-state index contributed by atoms with van der Waals surface area (Å²) in [5.74, 6) is 0.648. The maximum absolute atomic E-state index is 10.4. The van der Waals surface area contributed by atoms with Crippen molar-refractivity contribution in [3.8, 4) is 0 Å². The van der Waals surface area contributed by atoms with Gasteiger partial charge >= 0.3 is 0 Å². The highest BCUT2D eigenvalue weighted by atomic mass is 16.3. The van der Waals surface area contributed by atoms with E-state index >= 15 is 0 Å². The molecule has 0 radical (unpaired) electrons. The van der Waals surface area contributed by atoms with Gasteiger partial charge in [0, 0.05) is 12.2 Å². The molecule has 1 aliphatic carbocycles. The molecular formula is C15H23NO. The molecule has 0 heterocycles. The van der Waals surface area contributed by atoms with Crippen LogP contribution in [-0.2, 0) is 0 Å². The van der Waals surface area contributed by atoms with Crippen LogP contribution in [0.15, 0.2) is 30.3 Å². The van der Waals surface area contributed by atoms with E-state index in [0.29, 0.717) is 5.92 Å². The number of aliphatic hydroxyl groups is 1. The van der Waals surface area contributed by atoms with Crippen molar-refractivity contribution in [2.75, 3.05) is 11.4 Å². The van der Waals surface area contributed by atoms with Gasteiger partial charge in [-0.15, -0.1) is 0 Å². The molecule has 1 N–H and O–H groups in total. The number of likely N-dealkylation sites (N-methyl/N-ethyl adjacent to an activating group) is 1. The summed E-state index contributed by atoms with van der Waals surface area (Å²) in [5.41, 5.74) is 0.571. The lowest BCUT2D eigenvalue weighted by Crippen LogP contribution is -2.51. The lowest BCUT2D eigenvalue weighted by atomic mass is 9.92. The first-order chi connectivity index (χ1) is 8.04. The van der Waals surface area contributed by atoms with Gasteiger partial charge < -0.3 is 10.0 Å². The van der Waals surface area contributed by atoms with Crippen molar-refractivity contribution >= 4 is 5.69 Å². The number of hydrogen-bond acceptors (Lipinski definition) is 2. The van der Waals surface area contributed by atoms with Crippen LogP contribution in [0.25, 0.3) is 0 Å². The molecule has 1 atom stereocenters. The second-order valence-electron chi connectivity index (χ2n) is 5.56. The molecular weight excluding hydrogens is 210 g/mol. The van der Waals surface area contributed by atoms with Crippen molar-refractivity contribution in [3.63, 3.8) is 0 Å². The molecule has 1 aromatic carbocycles. The van der Waals surface area contributed by atoms with Gasteiger partial charge in [0.1, 0.15) is 0 Å². The third-order valence-electron chi connectivity index (χ3n) is 3.56. The zero-order chi connectivity index (χ0) is 12.5. The Labute approximate surface area is 104 Å². The minimum atomic E-state index is -0.646. The summed E-state index contributed by atoms with van der Waals surface area (Å²) >= 11 is 0. The van der Waals surface area contributed by atoms with E-state index in [1.54, 1.807) is 0 Å². The van der Waals surface area contributed by atoms with Gasteiger partial charge in [-0.2, -0.15) is 0 Å².